The van der Waals surface area contributed by atoms with Crippen LogP contribution in [0.1, 0.15) is 328 Å². The van der Waals surface area contributed by atoms with Crippen molar-refractivity contribution in [2.45, 2.75) is 341 Å². The fraction of sp³-hybridized carbons (Fsp3) is 0.902. The predicted molar refractivity (Wildman–Crippen MR) is 292 cm³/mol. The van der Waals surface area contributed by atoms with E-state index in [0.717, 1.165) is 64.2 Å². The topological polar surface area (TPSA) is 95.9 Å². The molecule has 0 heterocycles. The van der Waals surface area contributed by atoms with Gasteiger partial charge in [0.1, 0.15) is 0 Å². The van der Waals surface area contributed by atoms with Crippen molar-refractivity contribution in [1.82, 2.24) is 5.32 Å². The Morgan fingerprint density at radius 1 is 0.403 bits per heavy atom. The Kier molecular flexibility index (Phi) is 55.5. The molecule has 0 saturated heterocycles. The number of rotatable bonds is 56. The third kappa shape index (κ3) is 53.5. The minimum Gasteiger partial charge on any atom is -0.466 e. The third-order valence-electron chi connectivity index (χ3n) is 14.0. The summed E-state index contributed by atoms with van der Waals surface area (Å²) in [5.41, 5.74) is 0. The Hall–Kier alpha value is -1.66. The number of allylic oxidation sites excluding steroid dienone is 3. The molecule has 1 amide bonds. The van der Waals surface area contributed by atoms with Crippen molar-refractivity contribution < 1.29 is 24.5 Å². The zero-order chi connectivity index (χ0) is 48.6. The number of nitrogens with one attached hydrogen (secondary N) is 1. The molecule has 0 spiro atoms. The maximum absolute atomic E-state index is 12.5. The van der Waals surface area contributed by atoms with Crippen molar-refractivity contribution in [3.63, 3.8) is 0 Å². The first-order chi connectivity index (χ1) is 33.0. The third-order valence-corrected chi connectivity index (χ3v) is 14.0. The van der Waals surface area contributed by atoms with E-state index in [4.69, 9.17) is 4.74 Å². The van der Waals surface area contributed by atoms with Gasteiger partial charge >= 0.3 is 5.97 Å². The van der Waals surface area contributed by atoms with Crippen molar-refractivity contribution >= 4 is 11.9 Å². The molecule has 2 unspecified atom stereocenters. The van der Waals surface area contributed by atoms with Crippen LogP contribution in [0.2, 0.25) is 0 Å². The maximum atomic E-state index is 12.5. The molecule has 0 aliphatic heterocycles. The van der Waals surface area contributed by atoms with Crippen molar-refractivity contribution in [3.8, 4) is 0 Å². The van der Waals surface area contributed by atoms with E-state index in [2.05, 4.69) is 31.3 Å². The quantitative estimate of drug-likeness (QED) is 0.0321. The molecule has 0 radical (unpaired) electrons. The van der Waals surface area contributed by atoms with E-state index in [1.165, 1.54) is 238 Å². The number of unbranched alkanes of at least 4 members (excludes halogenated alkanes) is 43. The molecule has 0 rings (SSSR count). The lowest BCUT2D eigenvalue weighted by molar-refractivity contribution is -0.143. The lowest BCUT2D eigenvalue weighted by Gasteiger charge is -2.20. The molecule has 0 aliphatic carbocycles. The lowest BCUT2D eigenvalue weighted by Crippen LogP contribution is -2.45. The standard InChI is InChI=1S/C61H117NO5/c1-3-5-7-9-11-13-15-17-18-19-20-21-22-23-26-30-33-37-41-45-49-53-59(64)58(57-63)62-60(65)54-50-46-42-38-34-31-27-24-25-28-32-36-40-44-48-52-56-67-61(66)55-51-47-43-39-35-29-16-14-12-10-8-6-4-2/h24,27,49,53,58-59,63-64H,3-23,25-26,28-48,50-52,54-57H2,1-2H3,(H,62,65)/b27-24-,53-49+. The summed E-state index contributed by atoms with van der Waals surface area (Å²) in [6.45, 7) is 4.90. The van der Waals surface area contributed by atoms with E-state index in [9.17, 15) is 19.8 Å². The largest absolute Gasteiger partial charge is 0.466 e. The summed E-state index contributed by atoms with van der Waals surface area (Å²) in [5, 5.41) is 23.2. The molecule has 396 valence electrons. The molecule has 6 heteroatoms. The summed E-state index contributed by atoms with van der Waals surface area (Å²) >= 11 is 0. The van der Waals surface area contributed by atoms with Gasteiger partial charge in [-0.2, -0.15) is 0 Å². The van der Waals surface area contributed by atoms with Crippen LogP contribution in [0.4, 0.5) is 0 Å². The smallest absolute Gasteiger partial charge is 0.305 e. The Labute approximate surface area is 418 Å². The second-order valence-electron chi connectivity index (χ2n) is 20.7. The summed E-state index contributed by atoms with van der Waals surface area (Å²) in [6.07, 6.45) is 69.2. The van der Waals surface area contributed by atoms with Crippen LogP contribution in [0.3, 0.4) is 0 Å². The first kappa shape index (κ1) is 65.3. The van der Waals surface area contributed by atoms with Crippen molar-refractivity contribution in [3.05, 3.63) is 24.3 Å². The molecule has 0 aromatic heterocycles. The molecular formula is C61H117NO5. The molecule has 0 saturated carbocycles. The van der Waals surface area contributed by atoms with Crippen LogP contribution in [0, 0.1) is 0 Å². The average molecular weight is 945 g/mol. The highest BCUT2D eigenvalue weighted by molar-refractivity contribution is 5.76. The van der Waals surface area contributed by atoms with Crippen LogP contribution in [0.15, 0.2) is 24.3 Å². The van der Waals surface area contributed by atoms with Gasteiger partial charge in [0.25, 0.3) is 0 Å². The molecule has 0 aromatic carbocycles. The molecule has 2 atom stereocenters. The Morgan fingerprint density at radius 2 is 0.701 bits per heavy atom. The van der Waals surface area contributed by atoms with E-state index >= 15 is 0 Å². The highest BCUT2D eigenvalue weighted by atomic mass is 16.5. The highest BCUT2D eigenvalue weighted by Crippen LogP contribution is 2.17. The number of esters is 1. The van der Waals surface area contributed by atoms with E-state index in [-0.39, 0.29) is 18.5 Å². The Balaban J connectivity index is 3.49. The first-order valence-corrected chi connectivity index (χ1v) is 30.1. The average Bonchev–Trinajstić information content (AvgIpc) is 3.33. The second kappa shape index (κ2) is 56.9. The van der Waals surface area contributed by atoms with E-state index in [1.807, 2.05) is 6.08 Å². The van der Waals surface area contributed by atoms with Gasteiger partial charge < -0.3 is 20.3 Å². The number of carbonyl (C=O) groups excluding carboxylic acids is 2. The normalized spacial score (nSPS) is 12.7. The summed E-state index contributed by atoms with van der Waals surface area (Å²) < 4.78 is 5.47. The number of aliphatic hydroxyl groups is 2. The van der Waals surface area contributed by atoms with Gasteiger partial charge in [0.05, 0.1) is 25.4 Å². The molecule has 0 aliphatic rings. The number of carbonyl (C=O) groups is 2. The van der Waals surface area contributed by atoms with Crippen LogP contribution in [0.5, 0.6) is 0 Å². The molecular weight excluding hydrogens is 827 g/mol. The molecule has 6 nitrogen and oxygen atoms in total. The van der Waals surface area contributed by atoms with Gasteiger partial charge in [-0.15, -0.1) is 0 Å². The monoisotopic (exact) mass is 944 g/mol. The number of aliphatic hydroxyl groups excluding tert-OH is 2. The van der Waals surface area contributed by atoms with Gasteiger partial charge in [-0.25, -0.2) is 0 Å². The predicted octanol–water partition coefficient (Wildman–Crippen LogP) is 18.6. The van der Waals surface area contributed by atoms with Gasteiger partial charge in [-0.05, 0) is 57.8 Å². The summed E-state index contributed by atoms with van der Waals surface area (Å²) in [7, 11) is 0. The van der Waals surface area contributed by atoms with Crippen molar-refractivity contribution in [2.75, 3.05) is 13.2 Å². The van der Waals surface area contributed by atoms with Crippen LogP contribution in [-0.4, -0.2) is 47.4 Å². The van der Waals surface area contributed by atoms with Gasteiger partial charge in [0.2, 0.25) is 5.91 Å². The fourth-order valence-corrected chi connectivity index (χ4v) is 9.34. The highest BCUT2D eigenvalue weighted by Gasteiger charge is 2.18. The molecule has 67 heavy (non-hydrogen) atoms. The number of hydrogen-bond acceptors (Lipinski definition) is 5. The van der Waals surface area contributed by atoms with E-state index in [0.29, 0.717) is 19.4 Å². The van der Waals surface area contributed by atoms with Crippen molar-refractivity contribution in [1.29, 1.82) is 0 Å². The van der Waals surface area contributed by atoms with Gasteiger partial charge in [-0.3, -0.25) is 9.59 Å². The Bertz CT molecular complexity index is 1040. The van der Waals surface area contributed by atoms with Gasteiger partial charge in [0, 0.05) is 12.8 Å². The fourth-order valence-electron chi connectivity index (χ4n) is 9.34. The summed E-state index contributed by atoms with van der Waals surface area (Å²) in [6, 6.07) is -0.640. The Morgan fingerprint density at radius 3 is 1.06 bits per heavy atom. The minimum absolute atomic E-state index is 0.00188. The zero-order valence-electron chi connectivity index (χ0n) is 45.1. The lowest BCUT2D eigenvalue weighted by atomic mass is 10.0. The maximum Gasteiger partial charge on any atom is 0.305 e. The van der Waals surface area contributed by atoms with Crippen molar-refractivity contribution in [2.24, 2.45) is 0 Å². The van der Waals surface area contributed by atoms with Crippen LogP contribution in [-0.2, 0) is 14.3 Å². The van der Waals surface area contributed by atoms with Crippen LogP contribution in [0.25, 0.3) is 0 Å². The summed E-state index contributed by atoms with van der Waals surface area (Å²) in [5.74, 6) is -0.0840. The first-order valence-electron chi connectivity index (χ1n) is 30.1. The SMILES string of the molecule is CCCCCCCCCCCCCCCCCCCCC/C=C/C(O)C(CO)NC(=O)CCCCCCC/C=C\CCCCCCCCCOC(=O)CCCCCCCCCCCCCCC. The number of ether oxygens (including phenoxy) is 1. The van der Waals surface area contributed by atoms with E-state index in [1.54, 1.807) is 6.08 Å². The summed E-state index contributed by atoms with van der Waals surface area (Å²) in [4.78, 5) is 24.5. The zero-order valence-corrected chi connectivity index (χ0v) is 45.1. The van der Waals surface area contributed by atoms with Crippen LogP contribution >= 0.6 is 0 Å². The van der Waals surface area contributed by atoms with Crippen LogP contribution < -0.4 is 5.32 Å². The number of hydrogen-bond donors (Lipinski definition) is 3. The number of amides is 1. The van der Waals surface area contributed by atoms with Gasteiger partial charge in [-0.1, -0.05) is 282 Å². The minimum atomic E-state index is -0.855. The second-order valence-corrected chi connectivity index (χ2v) is 20.7. The van der Waals surface area contributed by atoms with Gasteiger partial charge in [0.15, 0.2) is 0 Å². The van der Waals surface area contributed by atoms with E-state index < -0.39 is 12.1 Å². The molecule has 0 aromatic rings. The molecule has 0 fully saturated rings. The molecule has 0 bridgehead atoms. The molecule has 3 N–H and O–H groups in total.